The first kappa shape index (κ1) is 6.02. The lowest BCUT2D eigenvalue weighted by Gasteiger charge is -1.79. The van der Waals surface area contributed by atoms with E-state index in [0.717, 1.165) is 0 Å². The van der Waals surface area contributed by atoms with E-state index < -0.39 is 0 Å². The molecule has 1 atom stereocenters. The van der Waals surface area contributed by atoms with Crippen LogP contribution in [-0.2, 0) is 15.9 Å². The van der Waals surface area contributed by atoms with Crippen molar-refractivity contribution in [3.63, 3.8) is 0 Å². The number of rotatable bonds is 2. The van der Waals surface area contributed by atoms with Gasteiger partial charge in [-0.1, -0.05) is 6.92 Å². The van der Waals surface area contributed by atoms with Gasteiger partial charge in [-0.25, -0.2) is 0 Å². The zero-order valence-corrected chi connectivity index (χ0v) is 4.62. The lowest BCUT2D eigenvalue weighted by Crippen LogP contribution is -1.91. The largest absolute Gasteiger partial charge is 0.458 e. The Bertz CT molecular complexity index is 42.8. The molecular weight excluding hydrogens is 96.1 g/mol. The third-order valence-electron chi connectivity index (χ3n) is 0.353. The van der Waals surface area contributed by atoms with E-state index in [1.54, 1.807) is 0 Å². The van der Waals surface area contributed by atoms with Crippen LogP contribution in [0.1, 0.15) is 6.92 Å². The Morgan fingerprint density at radius 2 is 2.50 bits per heavy atom. The topological polar surface area (TPSA) is 17.1 Å². The van der Waals surface area contributed by atoms with Crippen molar-refractivity contribution in [2.24, 2.45) is 5.92 Å². The van der Waals surface area contributed by atoms with Crippen molar-refractivity contribution in [3.8, 4) is 0 Å². The average molecular weight is 104 g/mol. The molecule has 6 heavy (non-hydrogen) atoms. The van der Waals surface area contributed by atoms with Gasteiger partial charge in [0.2, 0.25) is 5.75 Å². The minimum absolute atomic E-state index is 0.299. The third-order valence-corrected chi connectivity index (χ3v) is 1.06. The molecule has 0 saturated carbocycles. The van der Waals surface area contributed by atoms with E-state index in [0.29, 0.717) is 23.3 Å². The summed E-state index contributed by atoms with van der Waals surface area (Å²) in [5.74, 6) is 0.924. The van der Waals surface area contributed by atoms with Crippen LogP contribution in [0.5, 0.6) is 0 Å². The highest BCUT2D eigenvalue weighted by Crippen LogP contribution is 1.85. The van der Waals surface area contributed by atoms with Gasteiger partial charge in [-0.15, -0.1) is 0 Å². The van der Waals surface area contributed by atoms with Crippen LogP contribution in [0.15, 0.2) is 0 Å². The molecule has 0 aromatic rings. The molecule has 1 unspecified atom stereocenters. The summed E-state index contributed by atoms with van der Waals surface area (Å²) >= 11 is 0.597. The summed E-state index contributed by atoms with van der Waals surface area (Å²) in [6.07, 6.45) is 0. The van der Waals surface area contributed by atoms with Gasteiger partial charge in [-0.3, -0.25) is 0 Å². The fraction of sp³-hybridized carbons (Fsp3) is 0.750. The lowest BCUT2D eigenvalue weighted by molar-refractivity contribution is 0.601. The van der Waals surface area contributed by atoms with Crippen LogP contribution in [0.3, 0.4) is 0 Å². The maximum Gasteiger partial charge on any atom is 0.458 e. The normalized spacial score (nSPS) is 9.17. The highest BCUT2D eigenvalue weighted by atomic mass is 32.1. The Labute approximate surface area is 42.2 Å². The molecule has 0 fully saturated rings. The van der Waals surface area contributed by atoms with Gasteiger partial charge in [0.15, 0.2) is 0 Å². The van der Waals surface area contributed by atoms with Gasteiger partial charge in [0.05, 0.1) is 0 Å². The monoisotopic (exact) mass is 104 g/mol. The summed E-state index contributed by atoms with van der Waals surface area (Å²) in [7, 11) is 0. The van der Waals surface area contributed by atoms with Crippen LogP contribution in [-0.4, -0.2) is 5.75 Å². The molecule has 1 nitrogen and oxygen atoms in total. The first-order chi connectivity index (χ1) is 2.77. The molecule has 0 aliphatic heterocycles. The summed E-state index contributed by atoms with van der Waals surface area (Å²) in [6.45, 7) is 5.53. The second-order valence-corrected chi connectivity index (χ2v) is 1.96. The van der Waals surface area contributed by atoms with Gasteiger partial charge >= 0.3 is 11.7 Å². The Balaban J connectivity index is 2.81. The molecule has 1 radical (unpaired) electrons. The maximum absolute atomic E-state index is 9.62. The molecule has 0 N–H and O–H groups in total. The SMILES string of the molecule is [CH2]C(C)C[S+]=O. The maximum atomic E-state index is 9.62. The molecule has 0 aliphatic carbocycles. The summed E-state index contributed by atoms with van der Waals surface area (Å²) < 4.78 is 9.62. The average Bonchev–Trinajstić information content (AvgIpc) is 1.35. The third kappa shape index (κ3) is 4.02. The van der Waals surface area contributed by atoms with Gasteiger partial charge < -0.3 is 0 Å². The molecule has 0 rings (SSSR count). The van der Waals surface area contributed by atoms with Crippen molar-refractivity contribution in [2.45, 2.75) is 6.92 Å². The van der Waals surface area contributed by atoms with E-state index in [-0.39, 0.29) is 0 Å². The van der Waals surface area contributed by atoms with Crippen LogP contribution in [0, 0.1) is 12.8 Å². The Morgan fingerprint density at radius 1 is 2.00 bits per heavy atom. The standard InChI is InChI=1S/C4H8OS/c1-4(2)3-6-5/h4H,1,3H2,2H3/q+1. The van der Waals surface area contributed by atoms with Crippen molar-refractivity contribution in [1.29, 1.82) is 0 Å². The highest BCUT2D eigenvalue weighted by Gasteiger charge is 2.00. The second kappa shape index (κ2) is 3.22. The van der Waals surface area contributed by atoms with Crippen molar-refractivity contribution in [2.75, 3.05) is 5.75 Å². The molecule has 35 valence electrons. The van der Waals surface area contributed by atoms with Crippen molar-refractivity contribution in [1.82, 2.24) is 0 Å². The minimum Gasteiger partial charge on any atom is -0.0572 e. The van der Waals surface area contributed by atoms with Crippen molar-refractivity contribution < 1.29 is 4.21 Å². The van der Waals surface area contributed by atoms with Crippen LogP contribution in [0.25, 0.3) is 0 Å². The van der Waals surface area contributed by atoms with Gasteiger partial charge in [0.25, 0.3) is 0 Å². The Kier molecular flexibility index (Phi) is 3.23. The van der Waals surface area contributed by atoms with E-state index in [9.17, 15) is 4.21 Å². The predicted octanol–water partition coefficient (Wildman–Crippen LogP) is 0.885. The molecule has 0 aromatic heterocycles. The van der Waals surface area contributed by atoms with Crippen LogP contribution < -0.4 is 0 Å². The fourth-order valence-corrected chi connectivity index (χ4v) is 0.348. The van der Waals surface area contributed by atoms with Crippen LogP contribution in [0.4, 0.5) is 0 Å². The van der Waals surface area contributed by atoms with Crippen LogP contribution in [0.2, 0.25) is 0 Å². The first-order valence-electron chi connectivity index (χ1n) is 1.85. The molecule has 0 amide bonds. The van der Waals surface area contributed by atoms with E-state index in [4.69, 9.17) is 0 Å². The molecule has 0 bridgehead atoms. The van der Waals surface area contributed by atoms with Gasteiger partial charge in [-0.2, -0.15) is 0 Å². The van der Waals surface area contributed by atoms with Gasteiger partial charge in [0.1, 0.15) is 0 Å². The quantitative estimate of drug-likeness (QED) is 0.475. The van der Waals surface area contributed by atoms with Crippen LogP contribution >= 0.6 is 0 Å². The van der Waals surface area contributed by atoms with Gasteiger partial charge in [0, 0.05) is 10.1 Å². The lowest BCUT2D eigenvalue weighted by atomic mass is 10.3. The fourth-order valence-electron chi connectivity index (χ4n) is 0.116. The zero-order valence-electron chi connectivity index (χ0n) is 3.81. The Morgan fingerprint density at radius 3 is 2.50 bits per heavy atom. The molecular formula is C4H8OS+. The highest BCUT2D eigenvalue weighted by molar-refractivity contribution is 7.65. The second-order valence-electron chi connectivity index (χ2n) is 1.39. The van der Waals surface area contributed by atoms with Gasteiger partial charge in [-0.05, 0) is 6.92 Å². The summed E-state index contributed by atoms with van der Waals surface area (Å²) in [4.78, 5) is 0. The Hall–Kier alpha value is 0.0200. The number of hydrogen-bond acceptors (Lipinski definition) is 1. The molecule has 0 saturated heterocycles. The van der Waals surface area contributed by atoms with E-state index in [2.05, 4.69) is 6.92 Å². The van der Waals surface area contributed by atoms with E-state index in [1.807, 2.05) is 6.92 Å². The van der Waals surface area contributed by atoms with Crippen molar-refractivity contribution >= 4 is 11.7 Å². The van der Waals surface area contributed by atoms with E-state index in [1.165, 1.54) is 0 Å². The summed E-state index contributed by atoms with van der Waals surface area (Å²) in [5.41, 5.74) is 0. The molecule has 0 heterocycles. The molecule has 2 heteroatoms. The molecule has 0 aliphatic rings. The van der Waals surface area contributed by atoms with E-state index >= 15 is 0 Å². The zero-order chi connectivity index (χ0) is 4.99. The molecule has 0 aromatic carbocycles. The summed E-state index contributed by atoms with van der Waals surface area (Å²) in [6, 6.07) is 0. The minimum atomic E-state index is 0.299. The first-order valence-corrected chi connectivity index (χ1v) is 2.76. The smallest absolute Gasteiger partial charge is 0.0572 e. The number of hydrogen-bond donors (Lipinski definition) is 0. The predicted molar refractivity (Wildman–Crippen MR) is 27.4 cm³/mol. The molecule has 0 spiro atoms. The van der Waals surface area contributed by atoms with Crippen molar-refractivity contribution in [3.05, 3.63) is 6.92 Å². The summed E-state index contributed by atoms with van der Waals surface area (Å²) in [5, 5.41) is 0.